The van der Waals surface area contributed by atoms with Gasteiger partial charge in [0.05, 0.1) is 7.11 Å². The van der Waals surface area contributed by atoms with Gasteiger partial charge in [0.15, 0.2) is 0 Å². The molecule has 0 aliphatic rings. The molecular formula is C25H21NO4. The van der Waals surface area contributed by atoms with Crippen LogP contribution in [0.1, 0.15) is 15.9 Å². The molecule has 0 aliphatic carbocycles. The predicted molar refractivity (Wildman–Crippen MR) is 117 cm³/mol. The molecule has 1 atom stereocenters. The number of methoxy groups -OCH3 is 1. The highest BCUT2D eigenvalue weighted by atomic mass is 16.5. The Balaban J connectivity index is 1.75. The van der Waals surface area contributed by atoms with Crippen LogP contribution in [0, 0.1) is 0 Å². The Bertz CT molecular complexity index is 1190. The van der Waals surface area contributed by atoms with E-state index in [0.29, 0.717) is 0 Å². The number of ether oxygens (including phenoxy) is 1. The van der Waals surface area contributed by atoms with E-state index in [2.05, 4.69) is 11.4 Å². The highest BCUT2D eigenvalue weighted by Crippen LogP contribution is 2.29. The zero-order valence-corrected chi connectivity index (χ0v) is 16.5. The van der Waals surface area contributed by atoms with Crippen LogP contribution < -0.4 is 5.32 Å². The number of hydrogen-bond acceptors (Lipinski definition) is 4. The largest absolute Gasteiger partial charge is 0.508 e. The molecular weight excluding hydrogens is 378 g/mol. The molecule has 4 aromatic rings. The summed E-state index contributed by atoms with van der Waals surface area (Å²) >= 11 is 0. The molecule has 2 N–H and O–H groups in total. The fraction of sp³-hybridized carbons (Fsp3) is 0.120. The number of fused-ring (bicyclic) bond motifs is 2. The van der Waals surface area contributed by atoms with Crippen molar-refractivity contribution >= 4 is 33.4 Å². The first kappa shape index (κ1) is 19.5. The molecule has 0 aliphatic heterocycles. The molecule has 30 heavy (non-hydrogen) atoms. The minimum atomic E-state index is -0.876. The van der Waals surface area contributed by atoms with Gasteiger partial charge in [-0.2, -0.15) is 0 Å². The van der Waals surface area contributed by atoms with Gasteiger partial charge in [-0.25, -0.2) is 4.79 Å². The monoisotopic (exact) mass is 399 g/mol. The normalized spacial score (nSPS) is 11.9. The van der Waals surface area contributed by atoms with Gasteiger partial charge in [-0.05, 0) is 51.4 Å². The molecule has 4 aromatic carbocycles. The van der Waals surface area contributed by atoms with Crippen LogP contribution in [0.2, 0.25) is 0 Å². The summed E-state index contributed by atoms with van der Waals surface area (Å²) in [6.45, 7) is 0. The Morgan fingerprint density at radius 1 is 0.900 bits per heavy atom. The lowest BCUT2D eigenvalue weighted by atomic mass is 9.92. The molecule has 0 unspecified atom stereocenters. The average molecular weight is 399 g/mol. The summed E-state index contributed by atoms with van der Waals surface area (Å²) in [6.07, 6.45) is 0.277. The molecule has 0 bridgehead atoms. The third-order valence-electron chi connectivity index (χ3n) is 5.19. The van der Waals surface area contributed by atoms with Crippen molar-refractivity contribution in [2.24, 2.45) is 0 Å². The Kier molecular flexibility index (Phi) is 5.35. The summed E-state index contributed by atoms with van der Waals surface area (Å²) in [6, 6.07) is 23.2. The number of nitrogens with one attached hydrogen (secondary N) is 1. The first-order valence-electron chi connectivity index (χ1n) is 9.64. The Hall–Kier alpha value is -3.86. The maximum atomic E-state index is 12.7. The molecule has 5 heteroatoms. The number of carbonyl (C=O) groups excluding carboxylic acids is 2. The smallest absolute Gasteiger partial charge is 0.328 e. The molecule has 4 rings (SSSR count). The quantitative estimate of drug-likeness (QED) is 0.389. The number of rotatable bonds is 5. The molecule has 0 spiro atoms. The topological polar surface area (TPSA) is 75.6 Å². The lowest BCUT2D eigenvalue weighted by Crippen LogP contribution is -2.43. The van der Waals surface area contributed by atoms with Gasteiger partial charge in [-0.3, -0.25) is 4.79 Å². The van der Waals surface area contributed by atoms with Crippen LogP contribution >= 0.6 is 0 Å². The Labute approximate surface area is 173 Å². The summed E-state index contributed by atoms with van der Waals surface area (Å²) in [5.74, 6) is -0.997. The minimum Gasteiger partial charge on any atom is -0.508 e. The van der Waals surface area contributed by atoms with Gasteiger partial charge in [0, 0.05) is 12.0 Å². The standard InChI is InChI=1S/C25H21NO4/c1-30-25(29)23(26-24(28)18-9-6-10-19(27)14-18)15-22-20-11-4-2-7-16(20)13-17-8-3-5-12-21(17)22/h2-14,23,27H,15H2,1H3,(H,26,28)/t23-/m1/s1. The van der Waals surface area contributed by atoms with E-state index in [1.807, 2.05) is 48.5 Å². The van der Waals surface area contributed by atoms with Gasteiger partial charge in [0.2, 0.25) is 0 Å². The molecule has 0 saturated heterocycles. The lowest BCUT2D eigenvalue weighted by Gasteiger charge is -2.19. The van der Waals surface area contributed by atoms with E-state index >= 15 is 0 Å². The third-order valence-corrected chi connectivity index (χ3v) is 5.19. The molecule has 150 valence electrons. The third kappa shape index (κ3) is 3.82. The summed E-state index contributed by atoms with van der Waals surface area (Å²) in [4.78, 5) is 25.3. The van der Waals surface area contributed by atoms with Crippen molar-refractivity contribution in [2.75, 3.05) is 7.11 Å². The van der Waals surface area contributed by atoms with Crippen molar-refractivity contribution in [1.82, 2.24) is 5.32 Å². The number of phenols is 1. The van der Waals surface area contributed by atoms with Crippen LogP contribution in [0.3, 0.4) is 0 Å². The van der Waals surface area contributed by atoms with Crippen molar-refractivity contribution in [3.05, 3.63) is 90.0 Å². The number of aromatic hydroxyl groups is 1. The summed E-state index contributed by atoms with van der Waals surface area (Å²) < 4.78 is 4.97. The van der Waals surface area contributed by atoms with E-state index < -0.39 is 17.9 Å². The fourth-order valence-electron chi connectivity index (χ4n) is 3.76. The van der Waals surface area contributed by atoms with E-state index in [1.165, 1.54) is 19.2 Å². The zero-order chi connectivity index (χ0) is 21.1. The molecule has 0 heterocycles. The molecule has 0 saturated carbocycles. The SMILES string of the molecule is COC(=O)[C@@H](Cc1c2ccccc2cc2ccccc12)NC(=O)c1cccc(O)c1. The molecule has 5 nitrogen and oxygen atoms in total. The van der Waals surface area contributed by atoms with Crippen LogP contribution in [-0.2, 0) is 16.0 Å². The van der Waals surface area contributed by atoms with Crippen LogP contribution in [0.4, 0.5) is 0 Å². The lowest BCUT2D eigenvalue weighted by molar-refractivity contribution is -0.142. The number of benzene rings is 4. The van der Waals surface area contributed by atoms with Crippen molar-refractivity contribution in [3.63, 3.8) is 0 Å². The van der Waals surface area contributed by atoms with Gasteiger partial charge in [0.25, 0.3) is 5.91 Å². The fourth-order valence-corrected chi connectivity index (χ4v) is 3.76. The zero-order valence-electron chi connectivity index (χ0n) is 16.5. The first-order valence-corrected chi connectivity index (χ1v) is 9.64. The highest BCUT2D eigenvalue weighted by molar-refractivity contribution is 6.03. The van der Waals surface area contributed by atoms with Crippen molar-refractivity contribution in [2.45, 2.75) is 12.5 Å². The summed E-state index contributed by atoms with van der Waals surface area (Å²) in [5, 5.41) is 16.6. The highest BCUT2D eigenvalue weighted by Gasteiger charge is 2.24. The number of esters is 1. The van der Waals surface area contributed by atoms with E-state index in [-0.39, 0.29) is 17.7 Å². The van der Waals surface area contributed by atoms with Crippen molar-refractivity contribution < 1.29 is 19.4 Å². The van der Waals surface area contributed by atoms with E-state index in [4.69, 9.17) is 4.74 Å². The van der Waals surface area contributed by atoms with Gasteiger partial charge in [-0.15, -0.1) is 0 Å². The molecule has 0 fully saturated rings. The molecule has 0 aromatic heterocycles. The minimum absolute atomic E-state index is 0.0164. The van der Waals surface area contributed by atoms with E-state index in [0.717, 1.165) is 27.1 Å². The maximum Gasteiger partial charge on any atom is 0.328 e. The number of carbonyl (C=O) groups is 2. The summed E-state index contributed by atoms with van der Waals surface area (Å²) in [7, 11) is 1.30. The second-order valence-electron chi connectivity index (χ2n) is 7.10. The van der Waals surface area contributed by atoms with E-state index in [9.17, 15) is 14.7 Å². The molecule has 1 amide bonds. The van der Waals surface area contributed by atoms with Crippen LogP contribution in [-0.4, -0.2) is 30.1 Å². The second kappa shape index (κ2) is 8.25. The van der Waals surface area contributed by atoms with Crippen molar-refractivity contribution in [3.8, 4) is 5.75 Å². The average Bonchev–Trinajstić information content (AvgIpc) is 2.77. The van der Waals surface area contributed by atoms with Crippen molar-refractivity contribution in [1.29, 1.82) is 0 Å². The number of phenolic OH excluding ortho intramolecular Hbond substituents is 1. The van der Waals surface area contributed by atoms with E-state index in [1.54, 1.807) is 12.1 Å². The maximum absolute atomic E-state index is 12.7. The Morgan fingerprint density at radius 2 is 1.53 bits per heavy atom. The van der Waals surface area contributed by atoms with Gasteiger partial charge < -0.3 is 15.2 Å². The predicted octanol–water partition coefficient (Wildman–Crippen LogP) is 4.21. The van der Waals surface area contributed by atoms with Crippen LogP contribution in [0.15, 0.2) is 78.9 Å². The molecule has 0 radical (unpaired) electrons. The number of amides is 1. The second-order valence-corrected chi connectivity index (χ2v) is 7.10. The Morgan fingerprint density at radius 3 is 2.13 bits per heavy atom. The van der Waals surface area contributed by atoms with Crippen LogP contribution in [0.25, 0.3) is 21.5 Å². The van der Waals surface area contributed by atoms with Gasteiger partial charge >= 0.3 is 5.97 Å². The van der Waals surface area contributed by atoms with Crippen LogP contribution in [0.5, 0.6) is 5.75 Å². The first-order chi connectivity index (χ1) is 14.6. The van der Waals surface area contributed by atoms with Gasteiger partial charge in [-0.1, -0.05) is 54.6 Å². The number of hydrogen-bond donors (Lipinski definition) is 2. The van der Waals surface area contributed by atoms with Gasteiger partial charge in [0.1, 0.15) is 11.8 Å². The summed E-state index contributed by atoms with van der Waals surface area (Å²) in [5.41, 5.74) is 1.24.